The van der Waals surface area contributed by atoms with Gasteiger partial charge in [0.15, 0.2) is 10.8 Å². The highest BCUT2D eigenvalue weighted by Gasteiger charge is 2.41. The molecular weight excluding hydrogens is 620 g/mol. The molecule has 13 nitrogen and oxygen atoms in total. The molecule has 0 radical (unpaired) electrons. The molecule has 2 aliphatic rings. The standard InChI is InChI=1S/C27H27ClN6O7S2/c1-32-5-4-19-23(13-32)42-26(31-19)27(38)34-7-6-33(43(39,40)24-9-15-8-16(28)2-3-18(15)30-24)12-20(34)25(37)29-11-17-10-21(35)22(36)14-41-17/h2-3,8-10,14,20,30,36H,4-7,11-13H2,1H3,(H,29,37). The number of nitrogens with zero attached hydrogens (tertiary/aromatic N) is 4. The number of halogens is 1. The molecule has 16 heteroatoms. The van der Waals surface area contributed by atoms with Crippen molar-refractivity contribution in [3.63, 3.8) is 0 Å². The Labute approximate surface area is 254 Å². The van der Waals surface area contributed by atoms with E-state index in [0.29, 0.717) is 28.9 Å². The van der Waals surface area contributed by atoms with Gasteiger partial charge < -0.3 is 29.6 Å². The lowest BCUT2D eigenvalue weighted by Crippen LogP contribution is -2.61. The zero-order valence-electron chi connectivity index (χ0n) is 22.9. The topological polar surface area (TPSA) is 169 Å². The monoisotopic (exact) mass is 646 g/mol. The largest absolute Gasteiger partial charge is 0.502 e. The Hall–Kier alpha value is -3.76. The van der Waals surface area contributed by atoms with Crippen LogP contribution in [0.25, 0.3) is 10.9 Å². The van der Waals surface area contributed by atoms with E-state index in [2.05, 4.69) is 20.2 Å². The van der Waals surface area contributed by atoms with Crippen molar-refractivity contribution in [1.29, 1.82) is 0 Å². The second-order valence-corrected chi connectivity index (χ2v) is 13.9. The molecule has 4 aromatic rings. The first-order valence-corrected chi connectivity index (χ1v) is 16.0. The lowest BCUT2D eigenvalue weighted by Gasteiger charge is -2.39. The van der Waals surface area contributed by atoms with Crippen molar-refractivity contribution in [2.75, 3.05) is 33.2 Å². The smallest absolute Gasteiger partial charge is 0.283 e. The van der Waals surface area contributed by atoms with E-state index in [1.165, 1.54) is 22.3 Å². The first-order valence-electron chi connectivity index (χ1n) is 13.3. The van der Waals surface area contributed by atoms with E-state index in [4.69, 9.17) is 16.0 Å². The number of hydrogen-bond acceptors (Lipinski definition) is 10. The van der Waals surface area contributed by atoms with Crippen LogP contribution in [0.4, 0.5) is 0 Å². The van der Waals surface area contributed by atoms with Gasteiger partial charge in [-0.2, -0.15) is 4.31 Å². The minimum absolute atomic E-state index is 0.0470. The van der Waals surface area contributed by atoms with E-state index in [1.54, 1.807) is 18.2 Å². The Morgan fingerprint density at radius 1 is 1.23 bits per heavy atom. The minimum atomic E-state index is -4.09. The molecule has 3 N–H and O–H groups in total. The number of sulfonamides is 1. The predicted molar refractivity (Wildman–Crippen MR) is 158 cm³/mol. The number of nitrogens with one attached hydrogen (secondary N) is 2. The molecule has 0 spiro atoms. The SMILES string of the molecule is CN1CCc2nc(C(=O)N3CCN(S(=O)(=O)c4cc5cc(Cl)ccc5[nH]4)CC3C(=O)NCc3cc(=O)c(O)co3)sc2C1. The number of thiazole rings is 1. The number of benzene rings is 1. The first-order chi connectivity index (χ1) is 20.5. The molecule has 1 saturated heterocycles. The summed E-state index contributed by atoms with van der Waals surface area (Å²) in [7, 11) is -2.10. The van der Waals surface area contributed by atoms with Crippen LogP contribution < -0.4 is 10.7 Å². The average molecular weight is 647 g/mol. The van der Waals surface area contributed by atoms with Crippen LogP contribution >= 0.6 is 22.9 Å². The summed E-state index contributed by atoms with van der Waals surface area (Å²) in [5, 5.41) is 13.3. The quantitative estimate of drug-likeness (QED) is 0.283. The third kappa shape index (κ3) is 5.78. The molecule has 1 unspecified atom stereocenters. The van der Waals surface area contributed by atoms with Crippen molar-refractivity contribution in [1.82, 2.24) is 29.4 Å². The fourth-order valence-electron chi connectivity index (χ4n) is 5.16. The van der Waals surface area contributed by atoms with Gasteiger partial charge in [-0.1, -0.05) is 11.6 Å². The van der Waals surface area contributed by atoms with Crippen LogP contribution in [0.3, 0.4) is 0 Å². The summed E-state index contributed by atoms with van der Waals surface area (Å²) in [4.78, 5) is 51.0. The Bertz CT molecular complexity index is 1900. The van der Waals surface area contributed by atoms with Crippen molar-refractivity contribution in [2.45, 2.75) is 30.6 Å². The summed E-state index contributed by atoms with van der Waals surface area (Å²) in [6.45, 7) is 0.849. The third-order valence-corrected chi connectivity index (χ3v) is 10.6. The van der Waals surface area contributed by atoms with Crippen molar-refractivity contribution >= 4 is 55.7 Å². The molecule has 1 atom stereocenters. The zero-order valence-corrected chi connectivity index (χ0v) is 25.3. The number of aromatic amines is 1. The third-order valence-electron chi connectivity index (χ3n) is 7.49. The van der Waals surface area contributed by atoms with Crippen LogP contribution in [-0.4, -0.2) is 88.7 Å². The minimum Gasteiger partial charge on any atom is -0.502 e. The summed E-state index contributed by atoms with van der Waals surface area (Å²) in [6, 6.07) is 6.28. The normalized spacial score (nSPS) is 18.1. The molecule has 2 aliphatic heterocycles. The van der Waals surface area contributed by atoms with E-state index in [1.807, 2.05) is 7.05 Å². The highest BCUT2D eigenvalue weighted by Crippen LogP contribution is 2.29. The number of likely N-dealkylation sites (N-methyl/N-ethyl adjacent to an activating group) is 1. The molecule has 6 rings (SSSR count). The Morgan fingerprint density at radius 2 is 2.05 bits per heavy atom. The fraction of sp³-hybridized carbons (Fsp3) is 0.333. The van der Waals surface area contributed by atoms with Crippen LogP contribution in [0, 0.1) is 0 Å². The lowest BCUT2D eigenvalue weighted by molar-refractivity contribution is -0.127. The van der Waals surface area contributed by atoms with E-state index in [9.17, 15) is 27.9 Å². The van der Waals surface area contributed by atoms with Gasteiger partial charge in [0, 0.05) is 66.0 Å². The molecule has 0 saturated carbocycles. The Balaban J connectivity index is 1.28. The Kier molecular flexibility index (Phi) is 7.76. The number of aromatic hydroxyl groups is 1. The molecule has 3 aromatic heterocycles. The van der Waals surface area contributed by atoms with Gasteiger partial charge in [0.2, 0.25) is 11.3 Å². The number of amides is 2. The number of fused-ring (bicyclic) bond motifs is 2. The van der Waals surface area contributed by atoms with Crippen LogP contribution in [0.1, 0.15) is 26.1 Å². The van der Waals surface area contributed by atoms with Crippen molar-refractivity contribution < 1.29 is 27.5 Å². The number of carbonyl (C=O) groups excluding carboxylic acids is 2. The molecule has 0 aliphatic carbocycles. The van der Waals surface area contributed by atoms with Gasteiger partial charge in [0.05, 0.1) is 12.2 Å². The van der Waals surface area contributed by atoms with Crippen molar-refractivity contribution in [3.05, 3.63) is 73.2 Å². The number of hydrogen-bond donors (Lipinski definition) is 3. The van der Waals surface area contributed by atoms with Crippen LogP contribution in [-0.2, 0) is 34.3 Å². The second kappa shape index (κ2) is 11.4. The van der Waals surface area contributed by atoms with Gasteiger partial charge in [-0.05, 0) is 31.3 Å². The van der Waals surface area contributed by atoms with E-state index in [-0.39, 0.29) is 42.0 Å². The molecule has 0 bridgehead atoms. The number of rotatable bonds is 6. The van der Waals surface area contributed by atoms with Crippen LogP contribution in [0.15, 0.2) is 50.8 Å². The predicted octanol–water partition coefficient (Wildman–Crippen LogP) is 1.76. The molecular formula is C27H27ClN6O7S2. The molecule has 43 heavy (non-hydrogen) atoms. The first kappa shape index (κ1) is 29.3. The van der Waals surface area contributed by atoms with Gasteiger partial charge in [-0.15, -0.1) is 11.3 Å². The van der Waals surface area contributed by atoms with Gasteiger partial charge in [-0.25, -0.2) is 13.4 Å². The maximum atomic E-state index is 13.8. The van der Waals surface area contributed by atoms with Gasteiger partial charge >= 0.3 is 0 Å². The fourth-order valence-corrected chi connectivity index (χ4v) is 7.94. The van der Waals surface area contributed by atoms with Gasteiger partial charge in [0.1, 0.15) is 23.1 Å². The van der Waals surface area contributed by atoms with E-state index in [0.717, 1.165) is 33.8 Å². The molecule has 5 heterocycles. The number of aromatic nitrogens is 2. The molecule has 2 amide bonds. The number of piperazine rings is 1. The maximum absolute atomic E-state index is 13.8. The summed E-state index contributed by atoms with van der Waals surface area (Å²) in [5.41, 5.74) is 0.759. The van der Waals surface area contributed by atoms with Gasteiger partial charge in [0.25, 0.3) is 15.9 Å². The summed E-state index contributed by atoms with van der Waals surface area (Å²) < 4.78 is 33.7. The number of carbonyl (C=O) groups is 2. The van der Waals surface area contributed by atoms with Crippen LogP contribution in [0.5, 0.6) is 5.75 Å². The van der Waals surface area contributed by atoms with Crippen LogP contribution in [0.2, 0.25) is 5.02 Å². The second-order valence-electron chi connectivity index (χ2n) is 10.4. The summed E-state index contributed by atoms with van der Waals surface area (Å²) in [5.74, 6) is -1.61. The summed E-state index contributed by atoms with van der Waals surface area (Å²) in [6.07, 6.45) is 1.57. The van der Waals surface area contributed by atoms with Gasteiger partial charge in [-0.3, -0.25) is 14.4 Å². The molecule has 1 fully saturated rings. The van der Waals surface area contributed by atoms with E-state index >= 15 is 0 Å². The van der Waals surface area contributed by atoms with Crippen molar-refractivity contribution in [2.24, 2.45) is 0 Å². The molecule has 1 aromatic carbocycles. The number of H-pyrrole nitrogens is 1. The van der Waals surface area contributed by atoms with Crippen molar-refractivity contribution in [3.8, 4) is 5.75 Å². The maximum Gasteiger partial charge on any atom is 0.283 e. The van der Waals surface area contributed by atoms with E-state index < -0.39 is 39.1 Å². The lowest BCUT2D eigenvalue weighted by atomic mass is 10.1. The average Bonchev–Trinajstić information content (AvgIpc) is 3.61. The molecule has 226 valence electrons. The Morgan fingerprint density at radius 3 is 2.84 bits per heavy atom. The highest BCUT2D eigenvalue weighted by atomic mass is 35.5. The zero-order chi connectivity index (χ0) is 30.5. The summed E-state index contributed by atoms with van der Waals surface area (Å²) >= 11 is 7.35. The highest BCUT2D eigenvalue weighted by molar-refractivity contribution is 7.89.